The van der Waals surface area contributed by atoms with Crippen LogP contribution >= 0.6 is 0 Å². The first-order chi connectivity index (χ1) is 12.0. The van der Waals surface area contributed by atoms with Crippen LogP contribution in [0, 0.1) is 5.82 Å². The van der Waals surface area contributed by atoms with E-state index < -0.39 is 11.8 Å². The molecule has 0 saturated heterocycles. The number of rotatable bonds is 8. The molecule has 2 rings (SSSR count). The zero-order chi connectivity index (χ0) is 18.2. The van der Waals surface area contributed by atoms with Gasteiger partial charge >= 0.3 is 5.97 Å². The van der Waals surface area contributed by atoms with E-state index in [-0.39, 0.29) is 30.2 Å². The molecule has 0 aliphatic carbocycles. The van der Waals surface area contributed by atoms with Crippen LogP contribution in [0.25, 0.3) is 0 Å². The first kappa shape index (κ1) is 18.4. The fraction of sp³-hybridized carbons (Fsp3) is 0.263. The van der Waals surface area contributed by atoms with Gasteiger partial charge < -0.3 is 14.7 Å². The van der Waals surface area contributed by atoms with Crippen LogP contribution in [-0.2, 0) is 11.2 Å². The zero-order valence-corrected chi connectivity index (χ0v) is 13.9. The highest BCUT2D eigenvalue weighted by molar-refractivity contribution is 5.89. The minimum Gasteiger partial charge on any atom is -0.489 e. The number of aromatic carboxylic acids is 1. The summed E-state index contributed by atoms with van der Waals surface area (Å²) < 4.78 is 18.8. The number of hydrogen-bond donors (Lipinski definition) is 1. The third-order valence-electron chi connectivity index (χ3n) is 3.80. The number of hydrogen-bond acceptors (Lipinski definition) is 3. The molecule has 0 spiro atoms. The highest BCUT2D eigenvalue weighted by Gasteiger charge is 2.13. The zero-order valence-electron chi connectivity index (χ0n) is 13.9. The van der Waals surface area contributed by atoms with Crippen molar-refractivity contribution in [1.29, 1.82) is 0 Å². The molecule has 0 radical (unpaired) electrons. The molecule has 132 valence electrons. The van der Waals surface area contributed by atoms with Crippen molar-refractivity contribution >= 4 is 11.9 Å². The Balaban J connectivity index is 1.81. The van der Waals surface area contributed by atoms with Gasteiger partial charge in [-0.15, -0.1) is 0 Å². The number of aryl methyl sites for hydroxylation is 1. The van der Waals surface area contributed by atoms with Crippen molar-refractivity contribution in [3.63, 3.8) is 0 Å². The fourth-order valence-electron chi connectivity index (χ4n) is 2.36. The number of carboxylic acid groups (broad SMARTS) is 1. The van der Waals surface area contributed by atoms with Crippen LogP contribution in [0.1, 0.15) is 22.3 Å². The number of benzene rings is 2. The molecule has 0 aromatic heterocycles. The Bertz CT molecular complexity index is 748. The average molecular weight is 345 g/mol. The summed E-state index contributed by atoms with van der Waals surface area (Å²) in [5.74, 6) is -1.42. The van der Waals surface area contributed by atoms with Gasteiger partial charge in [-0.1, -0.05) is 30.3 Å². The molecule has 0 fully saturated rings. The Kier molecular flexibility index (Phi) is 6.51. The summed E-state index contributed by atoms with van der Waals surface area (Å²) in [6.07, 6.45) is 0.542. The lowest BCUT2D eigenvalue weighted by molar-refractivity contribution is -0.130. The number of carbonyl (C=O) groups is 2. The van der Waals surface area contributed by atoms with E-state index in [4.69, 9.17) is 9.84 Å². The highest BCUT2D eigenvalue weighted by Crippen LogP contribution is 2.15. The second kappa shape index (κ2) is 8.82. The minimum atomic E-state index is -1.00. The van der Waals surface area contributed by atoms with E-state index in [0.717, 1.165) is 0 Å². The Morgan fingerprint density at radius 2 is 1.80 bits per heavy atom. The summed E-state index contributed by atoms with van der Waals surface area (Å²) >= 11 is 0. The summed E-state index contributed by atoms with van der Waals surface area (Å²) in [6, 6.07) is 12.7. The predicted molar refractivity (Wildman–Crippen MR) is 91.3 cm³/mol. The quantitative estimate of drug-likeness (QED) is 0.799. The van der Waals surface area contributed by atoms with Crippen molar-refractivity contribution in [3.8, 4) is 5.75 Å². The molecule has 0 atom stereocenters. The summed E-state index contributed by atoms with van der Waals surface area (Å²) in [6.45, 7) is 0.489. The van der Waals surface area contributed by atoms with Gasteiger partial charge in [-0.2, -0.15) is 0 Å². The Morgan fingerprint density at radius 3 is 2.52 bits per heavy atom. The fourth-order valence-corrected chi connectivity index (χ4v) is 2.36. The van der Waals surface area contributed by atoms with Crippen molar-refractivity contribution in [1.82, 2.24) is 4.90 Å². The van der Waals surface area contributed by atoms with E-state index in [0.29, 0.717) is 18.5 Å². The number of amides is 1. The number of ether oxygens (including phenoxy) is 1. The maximum absolute atomic E-state index is 13.4. The molecular formula is C19H20FNO4. The molecule has 1 N–H and O–H groups in total. The molecule has 6 heteroatoms. The van der Waals surface area contributed by atoms with Crippen LogP contribution in [0.2, 0.25) is 0 Å². The van der Waals surface area contributed by atoms with Gasteiger partial charge in [0.05, 0.1) is 12.1 Å². The number of halogens is 1. The Morgan fingerprint density at radius 1 is 1.12 bits per heavy atom. The first-order valence-electron chi connectivity index (χ1n) is 7.91. The molecule has 2 aromatic rings. The number of para-hydroxylation sites is 1. The van der Waals surface area contributed by atoms with E-state index in [1.165, 1.54) is 23.1 Å². The maximum atomic E-state index is 13.4. The van der Waals surface area contributed by atoms with Crippen LogP contribution in [0.3, 0.4) is 0 Å². The third kappa shape index (κ3) is 5.31. The van der Waals surface area contributed by atoms with Gasteiger partial charge in [-0.25, -0.2) is 9.18 Å². The van der Waals surface area contributed by atoms with Crippen LogP contribution in [0.15, 0.2) is 48.5 Å². The monoisotopic (exact) mass is 345 g/mol. The summed E-state index contributed by atoms with van der Waals surface area (Å²) in [5.41, 5.74) is 0.834. The van der Waals surface area contributed by atoms with Crippen LogP contribution in [0.4, 0.5) is 4.39 Å². The van der Waals surface area contributed by atoms with Crippen molar-refractivity contribution in [2.24, 2.45) is 0 Å². The van der Waals surface area contributed by atoms with Crippen LogP contribution in [-0.4, -0.2) is 42.1 Å². The first-order valence-corrected chi connectivity index (χ1v) is 7.91. The highest BCUT2D eigenvalue weighted by atomic mass is 19.1. The number of carboxylic acids is 1. The minimum absolute atomic E-state index is 0.127. The van der Waals surface area contributed by atoms with E-state index in [1.54, 1.807) is 37.4 Å². The van der Waals surface area contributed by atoms with Crippen LogP contribution < -0.4 is 4.74 Å². The van der Waals surface area contributed by atoms with Gasteiger partial charge in [-0.3, -0.25) is 4.79 Å². The number of likely N-dealkylation sites (N-methyl/N-ethyl adjacent to an activating group) is 1. The molecule has 0 aliphatic rings. The van der Waals surface area contributed by atoms with Gasteiger partial charge in [0.15, 0.2) is 11.6 Å². The van der Waals surface area contributed by atoms with E-state index in [2.05, 4.69) is 0 Å². The molecule has 0 heterocycles. The van der Waals surface area contributed by atoms with E-state index >= 15 is 0 Å². The van der Waals surface area contributed by atoms with Gasteiger partial charge in [0.25, 0.3) is 0 Å². The number of carbonyl (C=O) groups excluding carboxylic acids is 1. The van der Waals surface area contributed by atoms with Crippen molar-refractivity contribution in [2.45, 2.75) is 12.8 Å². The van der Waals surface area contributed by atoms with Gasteiger partial charge in [-0.05, 0) is 30.2 Å². The normalized spacial score (nSPS) is 10.3. The largest absolute Gasteiger partial charge is 0.489 e. The molecule has 5 nitrogen and oxygen atoms in total. The van der Waals surface area contributed by atoms with Crippen molar-refractivity contribution in [2.75, 3.05) is 20.2 Å². The van der Waals surface area contributed by atoms with E-state index in [1.807, 2.05) is 0 Å². The predicted octanol–water partition coefficient (Wildman–Crippen LogP) is 2.99. The summed E-state index contributed by atoms with van der Waals surface area (Å²) in [4.78, 5) is 24.8. The van der Waals surface area contributed by atoms with Crippen molar-refractivity contribution in [3.05, 3.63) is 65.5 Å². The lowest BCUT2D eigenvalue weighted by Gasteiger charge is -2.18. The van der Waals surface area contributed by atoms with E-state index in [9.17, 15) is 14.0 Å². The molecule has 0 unspecified atom stereocenters. The van der Waals surface area contributed by atoms with Crippen LogP contribution in [0.5, 0.6) is 5.75 Å². The second-order valence-electron chi connectivity index (χ2n) is 5.56. The SMILES string of the molecule is CN(CCOc1ccccc1F)C(=O)CCc1ccccc1C(=O)O. The lowest BCUT2D eigenvalue weighted by Crippen LogP contribution is -2.31. The summed E-state index contributed by atoms with van der Waals surface area (Å²) in [7, 11) is 1.64. The van der Waals surface area contributed by atoms with Crippen molar-refractivity contribution < 1.29 is 23.8 Å². The molecule has 0 bridgehead atoms. The smallest absolute Gasteiger partial charge is 0.335 e. The molecule has 0 aliphatic heterocycles. The standard InChI is InChI=1S/C19H20FNO4/c1-21(12-13-25-17-9-5-4-8-16(17)20)18(22)11-10-14-6-2-3-7-15(14)19(23)24/h2-9H,10-13H2,1H3,(H,23,24). The molecule has 25 heavy (non-hydrogen) atoms. The Hall–Kier alpha value is -2.89. The molecule has 2 aromatic carbocycles. The second-order valence-corrected chi connectivity index (χ2v) is 5.56. The molecule has 0 saturated carbocycles. The average Bonchev–Trinajstić information content (AvgIpc) is 2.61. The Labute approximate surface area is 145 Å². The number of nitrogens with zero attached hydrogens (tertiary/aromatic N) is 1. The maximum Gasteiger partial charge on any atom is 0.335 e. The van der Waals surface area contributed by atoms with Gasteiger partial charge in [0.1, 0.15) is 6.61 Å². The molecule has 1 amide bonds. The summed E-state index contributed by atoms with van der Waals surface area (Å²) in [5, 5.41) is 9.14. The third-order valence-corrected chi connectivity index (χ3v) is 3.80. The molecular weight excluding hydrogens is 325 g/mol. The topological polar surface area (TPSA) is 66.8 Å². The van der Waals surface area contributed by atoms with Gasteiger partial charge in [0, 0.05) is 13.5 Å². The lowest BCUT2D eigenvalue weighted by atomic mass is 10.0. The van der Waals surface area contributed by atoms with Gasteiger partial charge in [0.2, 0.25) is 5.91 Å².